The van der Waals surface area contributed by atoms with Crippen LogP contribution >= 0.6 is 0 Å². The van der Waals surface area contributed by atoms with E-state index in [0.717, 1.165) is 31.7 Å². The van der Waals surface area contributed by atoms with Gasteiger partial charge in [-0.05, 0) is 49.9 Å². The zero-order chi connectivity index (χ0) is 17.9. The number of ether oxygens (including phenoxy) is 2. The molecule has 1 N–H and O–H groups in total. The molecule has 0 atom stereocenters. The van der Waals surface area contributed by atoms with Crippen LogP contribution in [0.25, 0.3) is 0 Å². The Morgan fingerprint density at radius 2 is 1.80 bits per heavy atom. The van der Waals surface area contributed by atoms with E-state index >= 15 is 0 Å². The van der Waals surface area contributed by atoms with Crippen LogP contribution in [0.1, 0.15) is 31.4 Å². The van der Waals surface area contributed by atoms with Gasteiger partial charge in [0, 0.05) is 11.8 Å². The van der Waals surface area contributed by atoms with E-state index in [1.165, 1.54) is 6.07 Å². The van der Waals surface area contributed by atoms with Gasteiger partial charge in [-0.2, -0.15) is 13.2 Å². The van der Waals surface area contributed by atoms with Gasteiger partial charge in [-0.15, -0.1) is 10.2 Å². The molecular formula is C17H18F3N3O2. The fourth-order valence-electron chi connectivity index (χ4n) is 2.73. The molecule has 1 aliphatic rings. The molecule has 0 radical (unpaired) electrons. The third-order valence-corrected chi connectivity index (χ3v) is 3.99. The van der Waals surface area contributed by atoms with Crippen LogP contribution in [0.5, 0.6) is 11.5 Å². The van der Waals surface area contributed by atoms with Crippen molar-refractivity contribution in [3.63, 3.8) is 0 Å². The van der Waals surface area contributed by atoms with Crippen molar-refractivity contribution < 1.29 is 22.6 Å². The van der Waals surface area contributed by atoms with E-state index in [2.05, 4.69) is 15.5 Å². The van der Waals surface area contributed by atoms with Crippen LogP contribution in [0.3, 0.4) is 0 Å². The molecular weight excluding hydrogens is 335 g/mol. The lowest BCUT2D eigenvalue weighted by Gasteiger charge is -2.17. The van der Waals surface area contributed by atoms with Crippen LogP contribution in [0.15, 0.2) is 30.3 Å². The summed E-state index contributed by atoms with van der Waals surface area (Å²) >= 11 is 0. The highest BCUT2D eigenvalue weighted by Crippen LogP contribution is 2.34. The first-order valence-corrected chi connectivity index (χ1v) is 7.98. The molecule has 0 unspecified atom stereocenters. The maximum atomic E-state index is 12.5. The number of methoxy groups -OCH3 is 1. The Labute approximate surface area is 143 Å². The predicted molar refractivity (Wildman–Crippen MR) is 86.2 cm³/mol. The average molecular weight is 353 g/mol. The van der Waals surface area contributed by atoms with E-state index in [9.17, 15) is 13.2 Å². The molecule has 5 nitrogen and oxygen atoms in total. The molecule has 0 saturated heterocycles. The van der Waals surface area contributed by atoms with Gasteiger partial charge >= 0.3 is 6.18 Å². The Kier molecular flexibility index (Phi) is 4.96. The second-order valence-electron chi connectivity index (χ2n) is 5.82. The van der Waals surface area contributed by atoms with Crippen LogP contribution in [0, 0.1) is 0 Å². The summed E-state index contributed by atoms with van der Waals surface area (Å²) in [5, 5.41) is 9.68. The van der Waals surface area contributed by atoms with Gasteiger partial charge in [-0.3, -0.25) is 0 Å². The zero-order valence-electron chi connectivity index (χ0n) is 13.6. The summed E-state index contributed by atoms with van der Waals surface area (Å²) in [6.07, 6.45) is -0.0439. The van der Waals surface area contributed by atoms with E-state index in [1.807, 2.05) is 0 Å². The Morgan fingerprint density at radius 1 is 1.04 bits per heavy atom. The van der Waals surface area contributed by atoms with Gasteiger partial charge in [-0.1, -0.05) is 0 Å². The Hall–Kier alpha value is -2.51. The molecule has 0 spiro atoms. The fourth-order valence-corrected chi connectivity index (χ4v) is 2.73. The normalized spacial score (nSPS) is 15.2. The van der Waals surface area contributed by atoms with E-state index in [1.54, 1.807) is 25.3 Å². The number of aromatic nitrogens is 2. The van der Waals surface area contributed by atoms with Gasteiger partial charge in [0.15, 0.2) is 23.0 Å². The number of nitrogens with one attached hydrogen (secondary N) is 1. The molecule has 3 rings (SSSR count). The summed E-state index contributed by atoms with van der Waals surface area (Å²) in [4.78, 5) is 0. The molecule has 134 valence electrons. The number of halogens is 3. The van der Waals surface area contributed by atoms with E-state index < -0.39 is 11.9 Å². The van der Waals surface area contributed by atoms with Crippen LogP contribution in [-0.4, -0.2) is 23.4 Å². The Balaban J connectivity index is 1.75. The van der Waals surface area contributed by atoms with Gasteiger partial charge in [-0.25, -0.2) is 0 Å². The van der Waals surface area contributed by atoms with Crippen LogP contribution in [0.2, 0.25) is 0 Å². The highest BCUT2D eigenvalue weighted by atomic mass is 19.4. The monoisotopic (exact) mass is 353 g/mol. The minimum atomic E-state index is -4.51. The maximum absolute atomic E-state index is 12.5. The molecule has 0 aliphatic heterocycles. The molecule has 1 heterocycles. The second kappa shape index (κ2) is 7.16. The van der Waals surface area contributed by atoms with Crippen molar-refractivity contribution >= 4 is 11.5 Å². The SMILES string of the molecule is COc1ccc(Nc2ccc(C(F)(F)F)nn2)cc1OC1CCCC1. The Morgan fingerprint density at radius 3 is 2.40 bits per heavy atom. The van der Waals surface area contributed by atoms with Gasteiger partial charge < -0.3 is 14.8 Å². The summed E-state index contributed by atoms with van der Waals surface area (Å²) in [5.41, 5.74) is -0.402. The standard InChI is InChI=1S/C17H18F3N3O2/c1-24-13-7-6-11(10-14(13)25-12-4-2-3-5-12)21-16-9-8-15(22-23-16)17(18,19)20/h6-10,12H,2-5H2,1H3,(H,21,23). The molecule has 1 saturated carbocycles. The largest absolute Gasteiger partial charge is 0.493 e. The Bertz CT molecular complexity index is 714. The van der Waals surface area contributed by atoms with Crippen molar-refractivity contribution in [1.82, 2.24) is 10.2 Å². The molecule has 8 heteroatoms. The van der Waals surface area contributed by atoms with Crippen molar-refractivity contribution in [2.24, 2.45) is 0 Å². The molecule has 2 aromatic rings. The maximum Gasteiger partial charge on any atom is 0.435 e. The van der Waals surface area contributed by atoms with Gasteiger partial charge in [0.2, 0.25) is 0 Å². The second-order valence-corrected chi connectivity index (χ2v) is 5.82. The molecule has 1 fully saturated rings. The van der Waals surface area contributed by atoms with Crippen molar-refractivity contribution in [3.05, 3.63) is 36.0 Å². The van der Waals surface area contributed by atoms with Crippen molar-refractivity contribution in [2.45, 2.75) is 38.0 Å². The third-order valence-electron chi connectivity index (χ3n) is 3.99. The molecule has 1 aromatic carbocycles. The summed E-state index contributed by atoms with van der Waals surface area (Å²) in [5.74, 6) is 1.42. The lowest BCUT2D eigenvalue weighted by Crippen LogP contribution is -2.12. The number of anilines is 2. The summed E-state index contributed by atoms with van der Waals surface area (Å²) in [6.45, 7) is 0. The third kappa shape index (κ3) is 4.32. The van der Waals surface area contributed by atoms with E-state index in [4.69, 9.17) is 9.47 Å². The van der Waals surface area contributed by atoms with Crippen molar-refractivity contribution in [1.29, 1.82) is 0 Å². The van der Waals surface area contributed by atoms with E-state index in [-0.39, 0.29) is 11.9 Å². The smallest absolute Gasteiger partial charge is 0.435 e. The van der Waals surface area contributed by atoms with E-state index in [0.29, 0.717) is 17.2 Å². The number of hydrogen-bond acceptors (Lipinski definition) is 5. The quantitative estimate of drug-likeness (QED) is 0.853. The van der Waals surface area contributed by atoms with Crippen LogP contribution in [0.4, 0.5) is 24.7 Å². The highest BCUT2D eigenvalue weighted by molar-refractivity contribution is 5.61. The number of alkyl halides is 3. The minimum absolute atomic E-state index is 0.162. The first kappa shape index (κ1) is 17.3. The predicted octanol–water partition coefficient (Wildman–Crippen LogP) is 4.57. The molecule has 1 aliphatic carbocycles. The number of rotatable bonds is 5. The van der Waals surface area contributed by atoms with Crippen LogP contribution < -0.4 is 14.8 Å². The first-order valence-electron chi connectivity index (χ1n) is 7.98. The number of hydrogen-bond donors (Lipinski definition) is 1. The number of nitrogens with zero attached hydrogens (tertiary/aromatic N) is 2. The van der Waals surface area contributed by atoms with Crippen LogP contribution in [-0.2, 0) is 6.18 Å². The van der Waals surface area contributed by atoms with Crippen molar-refractivity contribution in [3.8, 4) is 11.5 Å². The fraction of sp³-hybridized carbons (Fsp3) is 0.412. The first-order chi connectivity index (χ1) is 12.0. The van der Waals surface area contributed by atoms with Gasteiger partial charge in [0.05, 0.1) is 13.2 Å². The van der Waals surface area contributed by atoms with Gasteiger partial charge in [0.25, 0.3) is 0 Å². The zero-order valence-corrected chi connectivity index (χ0v) is 13.6. The average Bonchev–Trinajstić information content (AvgIpc) is 3.08. The lowest BCUT2D eigenvalue weighted by molar-refractivity contribution is -0.141. The summed E-state index contributed by atoms with van der Waals surface area (Å²) in [6, 6.07) is 7.34. The topological polar surface area (TPSA) is 56.3 Å². The van der Waals surface area contributed by atoms with Gasteiger partial charge in [0.1, 0.15) is 0 Å². The highest BCUT2D eigenvalue weighted by Gasteiger charge is 2.32. The minimum Gasteiger partial charge on any atom is -0.493 e. The summed E-state index contributed by atoms with van der Waals surface area (Å²) in [7, 11) is 1.56. The number of benzene rings is 1. The molecule has 1 aromatic heterocycles. The van der Waals surface area contributed by atoms with Crippen molar-refractivity contribution in [2.75, 3.05) is 12.4 Å². The lowest BCUT2D eigenvalue weighted by atomic mass is 10.2. The molecule has 25 heavy (non-hydrogen) atoms. The molecule has 0 bridgehead atoms. The summed E-state index contributed by atoms with van der Waals surface area (Å²) < 4.78 is 48.9. The molecule has 0 amide bonds.